The quantitative estimate of drug-likeness (QED) is 0.900. The molecule has 0 saturated heterocycles. The highest BCUT2D eigenvalue weighted by Crippen LogP contribution is 2.17. The van der Waals surface area contributed by atoms with Gasteiger partial charge in [0.2, 0.25) is 0 Å². The van der Waals surface area contributed by atoms with Gasteiger partial charge in [-0.25, -0.2) is 8.42 Å². The number of benzene rings is 1. The molecule has 1 amide bonds. The molecule has 0 atom stereocenters. The molecule has 0 fully saturated rings. The average molecular weight is 331 g/mol. The molecule has 6 nitrogen and oxygen atoms in total. The molecule has 1 N–H and O–H groups in total. The Morgan fingerprint density at radius 1 is 1.30 bits per heavy atom. The van der Waals surface area contributed by atoms with Crippen molar-refractivity contribution in [2.24, 2.45) is 4.40 Å². The van der Waals surface area contributed by atoms with Crippen LogP contribution in [0.1, 0.15) is 11.1 Å². The van der Waals surface area contributed by atoms with E-state index in [0.717, 1.165) is 11.1 Å². The van der Waals surface area contributed by atoms with Gasteiger partial charge in [0.25, 0.3) is 15.9 Å². The highest BCUT2D eigenvalue weighted by atomic mass is 32.2. The Hall–Kier alpha value is -2.41. The van der Waals surface area contributed by atoms with Gasteiger partial charge in [0, 0.05) is 19.3 Å². The number of rotatable bonds is 3. The van der Waals surface area contributed by atoms with Crippen LogP contribution in [0.2, 0.25) is 0 Å². The summed E-state index contributed by atoms with van der Waals surface area (Å²) in [6.45, 7) is 2.68. The fourth-order valence-electron chi connectivity index (χ4n) is 2.38. The van der Waals surface area contributed by atoms with Crippen LogP contribution in [0, 0.1) is 6.92 Å². The molecule has 0 unspecified atom stereocenters. The van der Waals surface area contributed by atoms with Crippen molar-refractivity contribution in [1.82, 2.24) is 10.2 Å². The molecule has 0 bridgehead atoms. The van der Waals surface area contributed by atoms with E-state index in [2.05, 4.69) is 9.71 Å². The number of aryl methyl sites for hydroxylation is 1. The van der Waals surface area contributed by atoms with Crippen molar-refractivity contribution in [3.05, 3.63) is 59.3 Å². The van der Waals surface area contributed by atoms with E-state index >= 15 is 0 Å². The van der Waals surface area contributed by atoms with Crippen LogP contribution in [0.4, 0.5) is 0 Å². The summed E-state index contributed by atoms with van der Waals surface area (Å²) in [6, 6.07) is 7.84. The van der Waals surface area contributed by atoms with Gasteiger partial charge in [-0.05, 0) is 24.6 Å². The van der Waals surface area contributed by atoms with Crippen LogP contribution in [0.15, 0.2) is 52.6 Å². The van der Waals surface area contributed by atoms with E-state index in [1.165, 1.54) is 0 Å². The van der Waals surface area contributed by atoms with Crippen LogP contribution in [-0.2, 0) is 21.4 Å². The van der Waals surface area contributed by atoms with E-state index in [-0.39, 0.29) is 23.1 Å². The molecule has 1 aromatic carbocycles. The Morgan fingerprint density at radius 3 is 2.78 bits per heavy atom. The van der Waals surface area contributed by atoms with Gasteiger partial charge in [0.15, 0.2) is 5.84 Å². The molecule has 2 heterocycles. The van der Waals surface area contributed by atoms with Gasteiger partial charge in [-0.1, -0.05) is 29.8 Å². The molecule has 2 aliphatic rings. The molecule has 2 aliphatic heterocycles. The number of hydrogen-bond acceptors (Lipinski definition) is 4. The number of nitrogens with one attached hydrogen (secondary N) is 1. The fraction of sp³-hybridized carbons (Fsp3) is 0.250. The molecule has 0 aliphatic carbocycles. The summed E-state index contributed by atoms with van der Waals surface area (Å²) in [5.41, 5.74) is 2.39. The lowest BCUT2D eigenvalue weighted by atomic mass is 10.1. The molecule has 120 valence electrons. The molecule has 7 heteroatoms. The van der Waals surface area contributed by atoms with Crippen LogP contribution < -0.4 is 5.32 Å². The first kappa shape index (κ1) is 15.5. The van der Waals surface area contributed by atoms with Gasteiger partial charge in [-0.15, -0.1) is 4.40 Å². The lowest BCUT2D eigenvalue weighted by molar-refractivity contribution is -0.117. The van der Waals surface area contributed by atoms with E-state index in [9.17, 15) is 13.2 Å². The lowest BCUT2D eigenvalue weighted by Crippen LogP contribution is -2.42. The smallest absolute Gasteiger partial charge is 0.256 e. The second kappa shape index (κ2) is 6.00. The predicted octanol–water partition coefficient (Wildman–Crippen LogP) is 1.11. The zero-order chi connectivity index (χ0) is 16.4. The van der Waals surface area contributed by atoms with E-state index in [1.807, 2.05) is 31.2 Å². The normalized spacial score (nSPS) is 18.7. The Bertz CT molecular complexity index is 821. The Kier molecular flexibility index (Phi) is 4.04. The molecule has 0 radical (unpaired) electrons. The minimum Gasteiger partial charge on any atom is -0.348 e. The van der Waals surface area contributed by atoms with E-state index in [1.54, 1.807) is 23.3 Å². The zero-order valence-electron chi connectivity index (χ0n) is 12.7. The number of amides is 1. The number of carbonyl (C=O) groups is 1. The number of carbonyl (C=O) groups excluding carboxylic acids is 1. The molecule has 1 aromatic rings. The third-order valence-electron chi connectivity index (χ3n) is 3.68. The van der Waals surface area contributed by atoms with Gasteiger partial charge < -0.3 is 10.2 Å². The van der Waals surface area contributed by atoms with Gasteiger partial charge >= 0.3 is 0 Å². The monoisotopic (exact) mass is 331 g/mol. The number of nitrogens with zero attached hydrogens (tertiary/aromatic N) is 2. The van der Waals surface area contributed by atoms with Crippen LogP contribution in [-0.4, -0.2) is 37.4 Å². The SMILES string of the molecule is Cc1ccc(CNC(=O)C2=CC=CN3CCS(=O)(=O)N=C23)cc1. The number of amidine groups is 1. The lowest BCUT2D eigenvalue weighted by Gasteiger charge is -2.28. The van der Waals surface area contributed by atoms with Crippen molar-refractivity contribution >= 4 is 21.8 Å². The van der Waals surface area contributed by atoms with Crippen molar-refractivity contribution in [2.75, 3.05) is 12.3 Å². The molecular weight excluding hydrogens is 314 g/mol. The predicted molar refractivity (Wildman–Crippen MR) is 88.2 cm³/mol. The van der Waals surface area contributed by atoms with E-state index in [0.29, 0.717) is 13.1 Å². The number of fused-ring (bicyclic) bond motifs is 1. The minimum atomic E-state index is -3.50. The van der Waals surface area contributed by atoms with E-state index < -0.39 is 10.0 Å². The highest BCUT2D eigenvalue weighted by Gasteiger charge is 2.29. The summed E-state index contributed by atoms with van der Waals surface area (Å²) < 4.78 is 27.1. The van der Waals surface area contributed by atoms with Crippen molar-refractivity contribution in [3.8, 4) is 0 Å². The first-order valence-electron chi connectivity index (χ1n) is 7.26. The maximum absolute atomic E-state index is 12.4. The zero-order valence-corrected chi connectivity index (χ0v) is 13.5. The van der Waals surface area contributed by atoms with Crippen molar-refractivity contribution < 1.29 is 13.2 Å². The second-order valence-electron chi connectivity index (χ2n) is 5.48. The second-order valence-corrected chi connectivity index (χ2v) is 7.24. The van der Waals surface area contributed by atoms with Gasteiger partial charge in [-0.2, -0.15) is 0 Å². The Balaban J connectivity index is 1.76. The summed E-state index contributed by atoms with van der Waals surface area (Å²) >= 11 is 0. The summed E-state index contributed by atoms with van der Waals surface area (Å²) in [7, 11) is -3.50. The minimum absolute atomic E-state index is 0.0426. The molecule has 0 aromatic heterocycles. The van der Waals surface area contributed by atoms with Gasteiger partial charge in [0.05, 0.1) is 11.3 Å². The molecular formula is C16H17N3O3S. The molecule has 23 heavy (non-hydrogen) atoms. The molecule has 3 rings (SSSR count). The summed E-state index contributed by atoms with van der Waals surface area (Å²) in [5, 5.41) is 2.81. The summed E-state index contributed by atoms with van der Waals surface area (Å²) in [5.74, 6) is -0.185. The van der Waals surface area contributed by atoms with Crippen LogP contribution >= 0.6 is 0 Å². The first-order valence-corrected chi connectivity index (χ1v) is 8.87. The number of hydrogen-bond donors (Lipinski definition) is 1. The first-order chi connectivity index (χ1) is 10.9. The Morgan fingerprint density at radius 2 is 2.04 bits per heavy atom. The standard InChI is InChI=1S/C16H17N3O3S/c1-12-4-6-13(7-5-12)11-17-16(20)14-3-2-8-19-9-10-23(21,22)18-15(14)19/h2-8H,9-11H2,1H3,(H,17,20). The highest BCUT2D eigenvalue weighted by molar-refractivity contribution is 7.90. The molecule has 0 spiro atoms. The third kappa shape index (κ3) is 3.50. The van der Waals surface area contributed by atoms with Gasteiger partial charge in [-0.3, -0.25) is 4.79 Å². The Labute approximate surface area is 135 Å². The average Bonchev–Trinajstić information content (AvgIpc) is 2.52. The van der Waals surface area contributed by atoms with Crippen molar-refractivity contribution in [2.45, 2.75) is 13.5 Å². The van der Waals surface area contributed by atoms with Crippen LogP contribution in [0.5, 0.6) is 0 Å². The summed E-state index contributed by atoms with van der Waals surface area (Å²) in [4.78, 5) is 14.1. The third-order valence-corrected chi connectivity index (χ3v) is 4.83. The van der Waals surface area contributed by atoms with Gasteiger partial charge in [0.1, 0.15) is 0 Å². The molecule has 0 saturated carbocycles. The van der Waals surface area contributed by atoms with E-state index in [4.69, 9.17) is 0 Å². The van der Waals surface area contributed by atoms with Crippen LogP contribution in [0.3, 0.4) is 0 Å². The maximum atomic E-state index is 12.4. The number of allylic oxidation sites excluding steroid dienone is 2. The largest absolute Gasteiger partial charge is 0.348 e. The topological polar surface area (TPSA) is 78.8 Å². The fourth-order valence-corrected chi connectivity index (χ4v) is 3.36. The number of sulfonamides is 1. The van der Waals surface area contributed by atoms with Crippen LogP contribution in [0.25, 0.3) is 0 Å². The van der Waals surface area contributed by atoms with Crippen molar-refractivity contribution in [3.63, 3.8) is 0 Å². The van der Waals surface area contributed by atoms with Crippen molar-refractivity contribution in [1.29, 1.82) is 0 Å². The maximum Gasteiger partial charge on any atom is 0.256 e. The summed E-state index contributed by atoms with van der Waals surface area (Å²) in [6.07, 6.45) is 5.03.